The van der Waals surface area contributed by atoms with Gasteiger partial charge in [0.25, 0.3) is 0 Å². The fraction of sp³-hybridized carbons (Fsp3) is 0.500. The van der Waals surface area contributed by atoms with Crippen LogP contribution in [-0.2, 0) is 11.2 Å². The van der Waals surface area contributed by atoms with Crippen molar-refractivity contribution in [3.8, 4) is 11.5 Å². The van der Waals surface area contributed by atoms with Crippen LogP contribution < -0.4 is 10.6 Å². The largest absolute Gasteiger partial charge is 0.444 e. The average Bonchev–Trinajstić information content (AvgIpc) is 3.16. The van der Waals surface area contributed by atoms with Crippen molar-refractivity contribution in [2.45, 2.75) is 12.8 Å². The van der Waals surface area contributed by atoms with E-state index >= 15 is 0 Å². The van der Waals surface area contributed by atoms with E-state index in [1.807, 2.05) is 0 Å². The van der Waals surface area contributed by atoms with Crippen molar-refractivity contribution in [1.82, 2.24) is 20.5 Å². The number of halogens is 2. The molecule has 162 valence electrons. The standard InChI is InChI=1S/C20H30FN5O2.HI/c1-22-20(24-11-13-26(2)12-4-14-27-3)23-10-9-18-15-28-19(25-18)16-5-7-17(21)8-6-16;/h5-8,15H,4,9-14H2,1-3H3,(H2,22,23,24);1H. The van der Waals surface area contributed by atoms with E-state index in [0.717, 1.165) is 49.9 Å². The lowest BCUT2D eigenvalue weighted by Gasteiger charge is -2.18. The van der Waals surface area contributed by atoms with Crippen LogP contribution in [0.25, 0.3) is 11.5 Å². The van der Waals surface area contributed by atoms with Gasteiger partial charge in [0, 0.05) is 58.9 Å². The van der Waals surface area contributed by atoms with Crippen LogP contribution in [-0.4, -0.2) is 69.8 Å². The van der Waals surface area contributed by atoms with Gasteiger partial charge in [0.15, 0.2) is 5.96 Å². The van der Waals surface area contributed by atoms with Gasteiger partial charge in [-0.3, -0.25) is 4.99 Å². The van der Waals surface area contributed by atoms with Crippen LogP contribution in [0.15, 0.2) is 39.9 Å². The van der Waals surface area contributed by atoms with Crippen LogP contribution in [0, 0.1) is 5.82 Å². The number of rotatable bonds is 11. The molecular formula is C20H31FIN5O2. The van der Waals surface area contributed by atoms with Gasteiger partial charge < -0.3 is 24.7 Å². The summed E-state index contributed by atoms with van der Waals surface area (Å²) in [5, 5.41) is 6.57. The van der Waals surface area contributed by atoms with E-state index in [1.165, 1.54) is 12.1 Å². The molecule has 1 heterocycles. The molecule has 0 aliphatic rings. The summed E-state index contributed by atoms with van der Waals surface area (Å²) in [6.07, 6.45) is 3.35. The molecule has 29 heavy (non-hydrogen) atoms. The normalized spacial score (nSPS) is 11.4. The van der Waals surface area contributed by atoms with Crippen molar-refractivity contribution in [2.75, 3.05) is 54.0 Å². The first kappa shape index (κ1) is 25.3. The molecule has 0 saturated carbocycles. The number of guanidine groups is 1. The number of ether oxygens (including phenoxy) is 1. The van der Waals surface area contributed by atoms with Gasteiger partial charge in [-0.05, 0) is 37.7 Å². The molecule has 7 nitrogen and oxygen atoms in total. The van der Waals surface area contributed by atoms with Crippen LogP contribution in [0.4, 0.5) is 4.39 Å². The first-order valence-corrected chi connectivity index (χ1v) is 9.44. The molecule has 2 aromatic rings. The number of hydrogen-bond acceptors (Lipinski definition) is 5. The van der Waals surface area contributed by atoms with Crippen LogP contribution >= 0.6 is 24.0 Å². The summed E-state index contributed by atoms with van der Waals surface area (Å²) in [5.41, 5.74) is 1.59. The molecule has 0 bridgehead atoms. The molecule has 0 radical (unpaired) electrons. The molecule has 9 heteroatoms. The molecule has 0 amide bonds. The summed E-state index contributed by atoms with van der Waals surface area (Å²) in [5.74, 6) is 0.973. The minimum Gasteiger partial charge on any atom is -0.444 e. The molecule has 1 aromatic heterocycles. The molecule has 0 saturated heterocycles. The Kier molecular flexibility index (Phi) is 12.5. The van der Waals surface area contributed by atoms with Crippen LogP contribution in [0.5, 0.6) is 0 Å². The van der Waals surface area contributed by atoms with Gasteiger partial charge in [-0.2, -0.15) is 0 Å². The van der Waals surface area contributed by atoms with Gasteiger partial charge in [0.05, 0.1) is 5.69 Å². The highest BCUT2D eigenvalue weighted by molar-refractivity contribution is 14.0. The predicted molar refractivity (Wildman–Crippen MR) is 124 cm³/mol. The fourth-order valence-electron chi connectivity index (χ4n) is 2.63. The van der Waals surface area contributed by atoms with Gasteiger partial charge in [0.2, 0.25) is 5.89 Å². The maximum atomic E-state index is 13.0. The minimum absolute atomic E-state index is 0. The topological polar surface area (TPSA) is 74.9 Å². The summed E-state index contributed by atoms with van der Waals surface area (Å²) in [6, 6.07) is 6.10. The van der Waals surface area contributed by atoms with Gasteiger partial charge in [-0.1, -0.05) is 0 Å². The quantitative estimate of drug-likeness (QED) is 0.206. The number of hydrogen-bond donors (Lipinski definition) is 2. The minimum atomic E-state index is -0.278. The van der Waals surface area contributed by atoms with E-state index in [0.29, 0.717) is 18.9 Å². The number of benzene rings is 1. The fourth-order valence-corrected chi connectivity index (χ4v) is 2.63. The molecular weight excluding hydrogens is 488 g/mol. The lowest BCUT2D eigenvalue weighted by molar-refractivity contribution is 0.180. The Balaban J connectivity index is 0.00000420. The molecule has 0 atom stereocenters. The summed E-state index contributed by atoms with van der Waals surface area (Å²) < 4.78 is 23.6. The lowest BCUT2D eigenvalue weighted by atomic mass is 10.2. The number of nitrogens with zero attached hydrogens (tertiary/aromatic N) is 3. The molecule has 2 N–H and O–H groups in total. The SMILES string of the molecule is CN=C(NCCc1coc(-c2ccc(F)cc2)n1)NCCN(C)CCCOC.I. The highest BCUT2D eigenvalue weighted by Crippen LogP contribution is 2.18. The maximum absolute atomic E-state index is 13.0. The number of oxazole rings is 1. The monoisotopic (exact) mass is 519 g/mol. The first-order chi connectivity index (χ1) is 13.6. The molecule has 0 unspecified atom stereocenters. The van der Waals surface area contributed by atoms with Crippen molar-refractivity contribution in [3.05, 3.63) is 42.0 Å². The maximum Gasteiger partial charge on any atom is 0.226 e. The van der Waals surface area contributed by atoms with Gasteiger partial charge >= 0.3 is 0 Å². The zero-order chi connectivity index (χ0) is 20.2. The predicted octanol–water partition coefficient (Wildman–Crippen LogP) is 2.77. The summed E-state index contributed by atoms with van der Waals surface area (Å²) in [7, 11) is 5.57. The second kappa shape index (κ2) is 14.3. The summed E-state index contributed by atoms with van der Waals surface area (Å²) in [6.45, 7) is 4.20. The zero-order valence-electron chi connectivity index (χ0n) is 17.3. The third-order valence-electron chi connectivity index (χ3n) is 4.21. The second-order valence-electron chi connectivity index (χ2n) is 6.48. The lowest BCUT2D eigenvalue weighted by Crippen LogP contribution is -2.41. The van der Waals surface area contributed by atoms with Crippen molar-refractivity contribution in [3.63, 3.8) is 0 Å². The second-order valence-corrected chi connectivity index (χ2v) is 6.48. The Bertz CT molecular complexity index is 724. The average molecular weight is 519 g/mol. The third-order valence-corrected chi connectivity index (χ3v) is 4.21. The Morgan fingerprint density at radius 1 is 1.21 bits per heavy atom. The van der Waals surface area contributed by atoms with E-state index in [2.05, 4.69) is 32.6 Å². The molecule has 1 aromatic carbocycles. The number of aromatic nitrogens is 1. The first-order valence-electron chi connectivity index (χ1n) is 9.44. The smallest absolute Gasteiger partial charge is 0.226 e. The molecule has 2 rings (SSSR count). The summed E-state index contributed by atoms with van der Waals surface area (Å²) in [4.78, 5) is 10.9. The number of likely N-dealkylation sites (N-methyl/N-ethyl adjacent to an activating group) is 1. The van der Waals surface area contributed by atoms with Crippen molar-refractivity contribution in [1.29, 1.82) is 0 Å². The molecule has 0 aliphatic heterocycles. The molecule has 0 spiro atoms. The van der Waals surface area contributed by atoms with Crippen molar-refractivity contribution in [2.24, 2.45) is 4.99 Å². The van der Waals surface area contributed by atoms with E-state index < -0.39 is 0 Å². The van der Waals surface area contributed by atoms with Gasteiger partial charge in [-0.25, -0.2) is 9.37 Å². The Morgan fingerprint density at radius 2 is 1.93 bits per heavy atom. The number of nitrogens with one attached hydrogen (secondary N) is 2. The Morgan fingerprint density at radius 3 is 2.62 bits per heavy atom. The number of aliphatic imine (C=N–C) groups is 1. The van der Waals surface area contributed by atoms with Crippen molar-refractivity contribution < 1.29 is 13.5 Å². The highest BCUT2D eigenvalue weighted by atomic mass is 127. The molecule has 0 aliphatic carbocycles. The van der Waals surface area contributed by atoms with Gasteiger partial charge in [-0.15, -0.1) is 24.0 Å². The van der Waals surface area contributed by atoms with Gasteiger partial charge in [0.1, 0.15) is 12.1 Å². The van der Waals surface area contributed by atoms with Crippen molar-refractivity contribution >= 4 is 29.9 Å². The van der Waals surface area contributed by atoms with E-state index in [4.69, 9.17) is 9.15 Å². The van der Waals surface area contributed by atoms with Crippen LogP contribution in [0.2, 0.25) is 0 Å². The Hall–Kier alpha value is -1.72. The highest BCUT2D eigenvalue weighted by Gasteiger charge is 2.07. The zero-order valence-corrected chi connectivity index (χ0v) is 19.6. The van der Waals surface area contributed by atoms with E-state index in [-0.39, 0.29) is 29.8 Å². The van der Waals surface area contributed by atoms with E-state index in [9.17, 15) is 4.39 Å². The summed E-state index contributed by atoms with van der Waals surface area (Å²) >= 11 is 0. The van der Waals surface area contributed by atoms with Crippen LogP contribution in [0.3, 0.4) is 0 Å². The molecule has 0 fully saturated rings. The number of methoxy groups -OCH3 is 1. The van der Waals surface area contributed by atoms with E-state index in [1.54, 1.807) is 32.6 Å². The Labute approximate surface area is 189 Å². The van der Waals surface area contributed by atoms with Crippen LogP contribution in [0.1, 0.15) is 12.1 Å². The third kappa shape index (κ3) is 9.55.